The minimum atomic E-state index is -1.09. The van der Waals surface area contributed by atoms with Crippen LogP contribution in [0.1, 0.15) is 43.4 Å². The summed E-state index contributed by atoms with van der Waals surface area (Å²) < 4.78 is 13.3. The third-order valence-electron chi connectivity index (χ3n) is 6.02. The highest BCUT2D eigenvalue weighted by atomic mass is 16.6. The zero-order valence-electron chi connectivity index (χ0n) is 20.6. The van der Waals surface area contributed by atoms with Crippen molar-refractivity contribution in [2.24, 2.45) is 5.73 Å². The number of nitrogens with two attached hydrogens (primary N) is 1. The van der Waals surface area contributed by atoms with Crippen LogP contribution in [0.25, 0.3) is 5.52 Å². The van der Waals surface area contributed by atoms with Crippen molar-refractivity contribution in [3.63, 3.8) is 0 Å². The highest BCUT2D eigenvalue weighted by Crippen LogP contribution is 2.20. The number of aliphatic hydroxyl groups excluding tert-OH is 1. The number of carbonyl (C=O) groups is 2. The first-order valence-corrected chi connectivity index (χ1v) is 12.0. The fraction of sp³-hybridized carbons (Fsp3) is 0.423. The van der Waals surface area contributed by atoms with Gasteiger partial charge in [0.15, 0.2) is 0 Å². The number of aliphatic hydroxyl groups is 1. The number of hydrogen-bond donors (Lipinski definition) is 3. The standard InChI is InChI=1S/C26H33N5O5/c1-26(2,27)24(33)29-22(17-35-15-18-7-4-3-5-8-18)23-28-13-19-9-6-10-20(31(19)23)16-36-25(34)30-12-11-21(32)14-30/h3-10,13,21-22,32H,11-12,14-17,27H2,1-2H3,(H,29,33)/t21-,22-/m1/s1. The van der Waals surface area contributed by atoms with E-state index in [0.717, 1.165) is 11.1 Å². The Balaban J connectivity index is 1.55. The van der Waals surface area contributed by atoms with Crippen molar-refractivity contribution in [3.8, 4) is 0 Å². The first-order chi connectivity index (χ1) is 17.2. The van der Waals surface area contributed by atoms with Crippen molar-refractivity contribution in [3.05, 3.63) is 71.8 Å². The third-order valence-corrected chi connectivity index (χ3v) is 6.02. The lowest BCUT2D eigenvalue weighted by Crippen LogP contribution is -2.51. The first kappa shape index (κ1) is 25.6. The average Bonchev–Trinajstić information content (AvgIpc) is 3.48. The Hall–Kier alpha value is -3.47. The van der Waals surface area contributed by atoms with Gasteiger partial charge in [-0.25, -0.2) is 9.78 Å². The zero-order chi connectivity index (χ0) is 25.7. The molecule has 1 aliphatic heterocycles. The zero-order valence-corrected chi connectivity index (χ0v) is 20.6. The number of β-amino-alcohol motifs (C(OH)–C–C–N with tert-alkyl or cyclic N) is 1. The van der Waals surface area contributed by atoms with Crippen LogP contribution in [0.4, 0.5) is 4.79 Å². The van der Waals surface area contributed by atoms with Crippen molar-refractivity contribution in [2.75, 3.05) is 19.7 Å². The Kier molecular flexibility index (Phi) is 7.88. The highest BCUT2D eigenvalue weighted by molar-refractivity contribution is 5.85. The molecular formula is C26H33N5O5. The molecule has 1 saturated heterocycles. The number of amides is 2. The van der Waals surface area contributed by atoms with Gasteiger partial charge in [0.25, 0.3) is 0 Å². The summed E-state index contributed by atoms with van der Waals surface area (Å²) in [4.78, 5) is 31.3. The van der Waals surface area contributed by atoms with Gasteiger partial charge >= 0.3 is 6.09 Å². The van der Waals surface area contributed by atoms with Crippen molar-refractivity contribution >= 4 is 17.5 Å². The Morgan fingerprint density at radius 3 is 2.67 bits per heavy atom. The van der Waals surface area contributed by atoms with Crippen molar-refractivity contribution in [2.45, 2.75) is 51.2 Å². The van der Waals surface area contributed by atoms with Crippen molar-refractivity contribution in [1.82, 2.24) is 19.6 Å². The summed E-state index contributed by atoms with van der Waals surface area (Å²) in [5.74, 6) is 0.197. The van der Waals surface area contributed by atoms with Gasteiger partial charge in [-0.2, -0.15) is 0 Å². The van der Waals surface area contributed by atoms with E-state index in [1.807, 2.05) is 52.9 Å². The lowest BCUT2D eigenvalue weighted by atomic mass is 10.1. The van der Waals surface area contributed by atoms with Crippen LogP contribution in [0.3, 0.4) is 0 Å². The number of imidazole rings is 1. The molecule has 1 aliphatic rings. The second kappa shape index (κ2) is 11.1. The largest absolute Gasteiger partial charge is 0.443 e. The molecule has 4 rings (SSSR count). The topological polar surface area (TPSA) is 131 Å². The molecule has 4 N–H and O–H groups in total. The van der Waals surface area contributed by atoms with Crippen LogP contribution in [0.2, 0.25) is 0 Å². The van der Waals surface area contributed by atoms with E-state index in [2.05, 4.69) is 10.3 Å². The molecule has 1 fully saturated rings. The van der Waals surface area contributed by atoms with Gasteiger partial charge in [-0.15, -0.1) is 0 Å². The van der Waals surface area contributed by atoms with Gasteiger partial charge in [0.05, 0.1) is 42.3 Å². The van der Waals surface area contributed by atoms with Crippen LogP contribution in [-0.2, 0) is 27.5 Å². The number of rotatable bonds is 9. The molecule has 10 nitrogen and oxygen atoms in total. The number of ether oxygens (including phenoxy) is 2. The van der Waals surface area contributed by atoms with Gasteiger partial charge in [-0.1, -0.05) is 36.4 Å². The SMILES string of the molecule is CC(C)(N)C(=O)N[C@H](COCc1ccccc1)c1ncc2cccc(COC(=O)N3CC[C@@H](O)C3)n12. The van der Waals surface area contributed by atoms with Gasteiger partial charge in [-0.05, 0) is 38.0 Å². The molecule has 1 aromatic carbocycles. The number of likely N-dealkylation sites (tertiary alicyclic amines) is 1. The van der Waals surface area contributed by atoms with E-state index in [-0.39, 0.29) is 25.7 Å². The fourth-order valence-electron chi connectivity index (χ4n) is 4.03. The summed E-state index contributed by atoms with van der Waals surface area (Å²) in [6.45, 7) is 4.52. The Morgan fingerprint density at radius 2 is 1.97 bits per heavy atom. The molecule has 0 saturated carbocycles. The van der Waals surface area contributed by atoms with E-state index >= 15 is 0 Å². The van der Waals surface area contributed by atoms with E-state index in [1.54, 1.807) is 20.0 Å². The number of benzene rings is 1. The summed E-state index contributed by atoms with van der Waals surface area (Å²) in [6.07, 6.45) is 1.24. The molecule has 0 unspecified atom stereocenters. The van der Waals surface area contributed by atoms with Crippen LogP contribution in [0, 0.1) is 0 Å². The molecule has 36 heavy (non-hydrogen) atoms. The van der Waals surface area contributed by atoms with Gasteiger partial charge in [0, 0.05) is 13.1 Å². The number of hydrogen-bond acceptors (Lipinski definition) is 7. The molecule has 3 aromatic rings. The van der Waals surface area contributed by atoms with Crippen molar-refractivity contribution < 1.29 is 24.2 Å². The van der Waals surface area contributed by atoms with Gasteiger partial charge in [0.1, 0.15) is 18.5 Å². The predicted molar refractivity (Wildman–Crippen MR) is 133 cm³/mol. The summed E-state index contributed by atoms with van der Waals surface area (Å²) in [7, 11) is 0. The van der Waals surface area contributed by atoms with E-state index in [9.17, 15) is 14.7 Å². The van der Waals surface area contributed by atoms with Gasteiger partial charge in [-0.3, -0.25) is 9.20 Å². The molecule has 10 heteroatoms. The maximum absolute atomic E-state index is 12.8. The second-order valence-corrected chi connectivity index (χ2v) is 9.59. The summed E-state index contributed by atoms with van der Waals surface area (Å²) in [5.41, 5.74) is 7.41. The number of nitrogens with zero attached hydrogens (tertiary/aromatic N) is 3. The average molecular weight is 496 g/mol. The lowest BCUT2D eigenvalue weighted by Gasteiger charge is -2.24. The number of aromatic nitrogens is 2. The molecule has 2 amide bonds. The third kappa shape index (κ3) is 6.20. The lowest BCUT2D eigenvalue weighted by molar-refractivity contribution is -0.126. The minimum Gasteiger partial charge on any atom is -0.443 e. The maximum atomic E-state index is 12.8. The normalized spacial score (nSPS) is 16.8. The molecule has 0 bridgehead atoms. The Labute approximate surface area is 210 Å². The smallest absolute Gasteiger partial charge is 0.410 e. The summed E-state index contributed by atoms with van der Waals surface area (Å²) >= 11 is 0. The van der Waals surface area contributed by atoms with Crippen LogP contribution in [-0.4, -0.2) is 62.7 Å². The van der Waals surface area contributed by atoms with Crippen LogP contribution in [0.5, 0.6) is 0 Å². The molecule has 2 aromatic heterocycles. The molecule has 0 aliphatic carbocycles. The Bertz CT molecular complexity index is 1190. The molecule has 192 valence electrons. The number of fused-ring (bicyclic) bond motifs is 1. The summed E-state index contributed by atoms with van der Waals surface area (Å²) in [5, 5.41) is 12.7. The van der Waals surface area contributed by atoms with Crippen molar-refractivity contribution in [1.29, 1.82) is 0 Å². The minimum absolute atomic E-state index is 0.0000490. The monoisotopic (exact) mass is 495 g/mol. The maximum Gasteiger partial charge on any atom is 0.410 e. The van der Waals surface area contributed by atoms with Crippen LogP contribution >= 0.6 is 0 Å². The molecular weight excluding hydrogens is 462 g/mol. The fourth-order valence-corrected chi connectivity index (χ4v) is 4.03. The van der Waals surface area contributed by atoms with Crippen LogP contribution < -0.4 is 11.1 Å². The highest BCUT2D eigenvalue weighted by Gasteiger charge is 2.29. The van der Waals surface area contributed by atoms with E-state index in [1.165, 1.54) is 4.90 Å². The molecule has 3 heterocycles. The van der Waals surface area contributed by atoms with E-state index < -0.39 is 23.8 Å². The predicted octanol–water partition coefficient (Wildman–Crippen LogP) is 2.15. The van der Waals surface area contributed by atoms with Gasteiger partial charge < -0.3 is 30.5 Å². The van der Waals surface area contributed by atoms with E-state index in [4.69, 9.17) is 15.2 Å². The number of carbonyl (C=O) groups excluding carboxylic acids is 2. The summed E-state index contributed by atoms with van der Waals surface area (Å²) in [6, 6.07) is 14.7. The molecule has 0 radical (unpaired) electrons. The van der Waals surface area contributed by atoms with E-state index in [0.29, 0.717) is 31.1 Å². The quantitative estimate of drug-likeness (QED) is 0.414. The first-order valence-electron chi connectivity index (χ1n) is 12.0. The van der Waals surface area contributed by atoms with Crippen LogP contribution in [0.15, 0.2) is 54.7 Å². The Morgan fingerprint density at radius 1 is 1.19 bits per heavy atom. The molecule has 0 spiro atoms. The molecule has 2 atom stereocenters. The number of pyridine rings is 1. The number of nitrogens with one attached hydrogen (secondary N) is 1. The van der Waals surface area contributed by atoms with Gasteiger partial charge in [0.2, 0.25) is 5.91 Å². The second-order valence-electron chi connectivity index (χ2n) is 9.59.